The molecular weight excluding hydrogens is 334 g/mol. The van der Waals surface area contributed by atoms with Crippen LogP contribution in [0.25, 0.3) is 6.08 Å². The van der Waals surface area contributed by atoms with Gasteiger partial charge in [0.2, 0.25) is 11.8 Å². The van der Waals surface area contributed by atoms with Crippen molar-refractivity contribution in [2.75, 3.05) is 26.7 Å². The minimum Gasteiger partial charge on any atom is -0.493 e. The first-order valence-corrected chi connectivity index (χ1v) is 7.86. The standard InChI is InChI=1S/C17H20F2N2O4/c1-24-14-10-12(4-6-13(14)25-17(18)19)5-7-15(22)20-11-16(23)21-8-2-3-9-21/h4-7,10,17H,2-3,8-9,11H2,1H3,(H,20,22)/b7-5+. The highest BCUT2D eigenvalue weighted by atomic mass is 19.3. The van der Waals surface area contributed by atoms with Gasteiger partial charge in [-0.3, -0.25) is 9.59 Å². The number of methoxy groups -OCH3 is 1. The quantitative estimate of drug-likeness (QED) is 0.761. The van der Waals surface area contributed by atoms with Crippen molar-refractivity contribution in [3.05, 3.63) is 29.8 Å². The van der Waals surface area contributed by atoms with Gasteiger partial charge in [0.1, 0.15) is 0 Å². The molecule has 0 saturated carbocycles. The van der Waals surface area contributed by atoms with E-state index in [1.165, 1.54) is 37.5 Å². The van der Waals surface area contributed by atoms with Crippen LogP contribution >= 0.6 is 0 Å². The minimum atomic E-state index is -2.95. The number of ether oxygens (including phenoxy) is 2. The second-order valence-corrected chi connectivity index (χ2v) is 5.43. The average Bonchev–Trinajstić information content (AvgIpc) is 3.13. The van der Waals surface area contributed by atoms with Crippen LogP contribution < -0.4 is 14.8 Å². The zero-order chi connectivity index (χ0) is 18.2. The van der Waals surface area contributed by atoms with E-state index >= 15 is 0 Å². The third-order valence-corrected chi connectivity index (χ3v) is 3.70. The van der Waals surface area contributed by atoms with E-state index in [0.717, 1.165) is 25.9 Å². The molecule has 0 bridgehead atoms. The highest BCUT2D eigenvalue weighted by Gasteiger charge is 2.17. The van der Waals surface area contributed by atoms with Gasteiger partial charge in [0.25, 0.3) is 0 Å². The van der Waals surface area contributed by atoms with E-state index in [1.807, 2.05) is 0 Å². The van der Waals surface area contributed by atoms with Crippen molar-refractivity contribution in [3.8, 4) is 11.5 Å². The molecule has 25 heavy (non-hydrogen) atoms. The molecule has 0 aromatic heterocycles. The SMILES string of the molecule is COc1cc(/C=C/C(=O)NCC(=O)N2CCCC2)ccc1OC(F)F. The van der Waals surface area contributed by atoms with Crippen molar-refractivity contribution in [1.29, 1.82) is 0 Å². The van der Waals surface area contributed by atoms with Gasteiger partial charge in [0.15, 0.2) is 11.5 Å². The van der Waals surface area contributed by atoms with E-state index < -0.39 is 12.5 Å². The van der Waals surface area contributed by atoms with Crippen LogP contribution in [0.2, 0.25) is 0 Å². The predicted molar refractivity (Wildman–Crippen MR) is 87.5 cm³/mol. The number of carbonyl (C=O) groups is 2. The van der Waals surface area contributed by atoms with Gasteiger partial charge in [0, 0.05) is 19.2 Å². The maximum absolute atomic E-state index is 12.3. The molecule has 0 spiro atoms. The van der Waals surface area contributed by atoms with E-state index in [1.54, 1.807) is 4.90 Å². The van der Waals surface area contributed by atoms with Crippen molar-refractivity contribution in [3.63, 3.8) is 0 Å². The Balaban J connectivity index is 1.89. The number of rotatable bonds is 7. The fraction of sp³-hybridized carbons (Fsp3) is 0.412. The summed E-state index contributed by atoms with van der Waals surface area (Å²) in [4.78, 5) is 25.3. The van der Waals surface area contributed by atoms with E-state index in [-0.39, 0.29) is 24.0 Å². The lowest BCUT2D eigenvalue weighted by Gasteiger charge is -2.14. The van der Waals surface area contributed by atoms with E-state index in [2.05, 4.69) is 10.1 Å². The van der Waals surface area contributed by atoms with Crippen molar-refractivity contribution >= 4 is 17.9 Å². The molecule has 1 saturated heterocycles. The molecule has 0 unspecified atom stereocenters. The molecule has 1 aliphatic rings. The third kappa shape index (κ3) is 5.74. The predicted octanol–water partition coefficient (Wildman–Crippen LogP) is 2.05. The Bertz CT molecular complexity index is 644. The Labute approximate surface area is 144 Å². The molecule has 1 aromatic rings. The van der Waals surface area contributed by atoms with Crippen molar-refractivity contribution in [2.45, 2.75) is 19.5 Å². The summed E-state index contributed by atoms with van der Waals surface area (Å²) in [5.74, 6) is -0.476. The van der Waals surface area contributed by atoms with Crippen LogP contribution in [-0.2, 0) is 9.59 Å². The van der Waals surface area contributed by atoms with Gasteiger partial charge < -0.3 is 19.7 Å². The maximum atomic E-state index is 12.3. The van der Waals surface area contributed by atoms with Crippen molar-refractivity contribution < 1.29 is 27.8 Å². The maximum Gasteiger partial charge on any atom is 0.387 e. The van der Waals surface area contributed by atoms with Crippen LogP contribution in [0.5, 0.6) is 11.5 Å². The van der Waals surface area contributed by atoms with Crippen LogP contribution in [-0.4, -0.2) is 50.1 Å². The van der Waals surface area contributed by atoms with Crippen LogP contribution in [0.1, 0.15) is 18.4 Å². The first-order valence-electron chi connectivity index (χ1n) is 7.86. The summed E-state index contributed by atoms with van der Waals surface area (Å²) in [6, 6.07) is 4.32. The van der Waals surface area contributed by atoms with Gasteiger partial charge in [-0.25, -0.2) is 0 Å². The fourth-order valence-corrected chi connectivity index (χ4v) is 2.45. The number of alkyl halides is 2. The van der Waals surface area contributed by atoms with E-state index in [0.29, 0.717) is 5.56 Å². The number of carbonyl (C=O) groups excluding carboxylic acids is 2. The van der Waals surface area contributed by atoms with Gasteiger partial charge in [-0.15, -0.1) is 0 Å². The van der Waals surface area contributed by atoms with Crippen molar-refractivity contribution in [2.24, 2.45) is 0 Å². The van der Waals surface area contributed by atoms with Gasteiger partial charge >= 0.3 is 6.61 Å². The van der Waals surface area contributed by atoms with Gasteiger partial charge in [0.05, 0.1) is 13.7 Å². The second kappa shape index (κ2) is 9.00. The lowest BCUT2D eigenvalue weighted by molar-refractivity contribution is -0.131. The lowest BCUT2D eigenvalue weighted by Crippen LogP contribution is -2.38. The summed E-state index contributed by atoms with van der Waals surface area (Å²) in [7, 11) is 1.33. The summed E-state index contributed by atoms with van der Waals surface area (Å²) < 4.78 is 33.9. The molecule has 2 rings (SSSR count). The fourth-order valence-electron chi connectivity index (χ4n) is 2.45. The Hall–Kier alpha value is -2.64. The molecule has 1 aromatic carbocycles. The Kier molecular flexibility index (Phi) is 6.73. The van der Waals surface area contributed by atoms with Crippen LogP contribution in [0.3, 0.4) is 0 Å². The first kappa shape index (κ1) is 18.7. The summed E-state index contributed by atoms with van der Waals surface area (Å²) in [6.07, 6.45) is 4.74. The number of hydrogen-bond acceptors (Lipinski definition) is 4. The topological polar surface area (TPSA) is 67.9 Å². The number of amides is 2. The average molecular weight is 354 g/mol. The Morgan fingerprint density at radius 1 is 1.28 bits per heavy atom. The van der Waals surface area contributed by atoms with Crippen molar-refractivity contribution in [1.82, 2.24) is 10.2 Å². The number of nitrogens with one attached hydrogen (secondary N) is 1. The van der Waals surface area contributed by atoms with Crippen LogP contribution in [0.15, 0.2) is 24.3 Å². The summed E-state index contributed by atoms with van der Waals surface area (Å²) >= 11 is 0. The largest absolute Gasteiger partial charge is 0.493 e. The normalized spacial score (nSPS) is 14.2. The molecule has 1 aliphatic heterocycles. The molecule has 0 atom stereocenters. The molecule has 0 aliphatic carbocycles. The molecule has 136 valence electrons. The molecule has 0 radical (unpaired) electrons. The highest BCUT2D eigenvalue weighted by molar-refractivity contribution is 5.94. The number of benzene rings is 1. The number of nitrogens with zero attached hydrogens (tertiary/aromatic N) is 1. The smallest absolute Gasteiger partial charge is 0.387 e. The third-order valence-electron chi connectivity index (χ3n) is 3.70. The van der Waals surface area contributed by atoms with Gasteiger partial charge in [-0.2, -0.15) is 8.78 Å². The summed E-state index contributed by atoms with van der Waals surface area (Å²) in [5, 5.41) is 2.52. The lowest BCUT2D eigenvalue weighted by atomic mass is 10.2. The highest BCUT2D eigenvalue weighted by Crippen LogP contribution is 2.29. The Morgan fingerprint density at radius 3 is 2.64 bits per heavy atom. The summed E-state index contributed by atoms with van der Waals surface area (Å²) in [5.41, 5.74) is 0.569. The van der Waals surface area contributed by atoms with E-state index in [9.17, 15) is 18.4 Å². The molecule has 1 heterocycles. The van der Waals surface area contributed by atoms with Crippen LogP contribution in [0, 0.1) is 0 Å². The number of halogens is 2. The first-order chi connectivity index (χ1) is 12.0. The van der Waals surface area contributed by atoms with Gasteiger partial charge in [-0.1, -0.05) is 6.07 Å². The molecular formula is C17H20F2N2O4. The Morgan fingerprint density at radius 2 is 2.00 bits per heavy atom. The van der Waals surface area contributed by atoms with E-state index in [4.69, 9.17) is 4.74 Å². The van der Waals surface area contributed by atoms with Crippen LogP contribution in [0.4, 0.5) is 8.78 Å². The molecule has 2 amide bonds. The number of hydrogen-bond donors (Lipinski definition) is 1. The molecule has 1 fully saturated rings. The monoisotopic (exact) mass is 354 g/mol. The van der Waals surface area contributed by atoms with Gasteiger partial charge in [-0.05, 0) is 36.6 Å². The molecule has 6 nitrogen and oxygen atoms in total. The molecule has 8 heteroatoms. The second-order valence-electron chi connectivity index (χ2n) is 5.43. The summed E-state index contributed by atoms with van der Waals surface area (Å²) in [6.45, 7) is -1.53. The zero-order valence-electron chi connectivity index (χ0n) is 13.8. The zero-order valence-corrected chi connectivity index (χ0v) is 13.8. The molecule has 1 N–H and O–H groups in total. The number of likely N-dealkylation sites (tertiary alicyclic amines) is 1. The minimum absolute atomic E-state index is 0.0480.